The van der Waals surface area contributed by atoms with E-state index < -0.39 is 0 Å². The predicted octanol–water partition coefficient (Wildman–Crippen LogP) is 0.304. The summed E-state index contributed by atoms with van der Waals surface area (Å²) in [6.45, 7) is 3.84. The second-order valence-electron chi connectivity index (χ2n) is 2.30. The van der Waals surface area contributed by atoms with E-state index in [1.807, 2.05) is 13.8 Å². The molecule has 8 heavy (non-hydrogen) atoms. The quantitative estimate of drug-likeness (QED) is 0.543. The lowest BCUT2D eigenvalue weighted by Crippen LogP contribution is -2.41. The van der Waals surface area contributed by atoms with Crippen LogP contribution in [0.1, 0.15) is 13.8 Å². The smallest absolute Gasteiger partial charge is 0.0656 e. The van der Waals surface area contributed by atoms with E-state index in [0.29, 0.717) is 0 Å². The average Bonchev–Trinajstić information content (AvgIpc) is 1.67. The highest BCUT2D eigenvalue weighted by molar-refractivity contribution is 7.78. The molecule has 0 unspecified atom stereocenters. The molecule has 0 bridgehead atoms. The summed E-state index contributed by atoms with van der Waals surface area (Å²) >= 11 is 4.52. The van der Waals surface area contributed by atoms with Crippen molar-refractivity contribution in [1.82, 2.24) is 5.32 Å². The molecule has 0 spiro atoms. The van der Waals surface area contributed by atoms with Crippen LogP contribution >= 0.6 is 12.2 Å². The van der Waals surface area contributed by atoms with Gasteiger partial charge in [-0.05, 0) is 13.8 Å². The third kappa shape index (κ3) is 2.93. The second kappa shape index (κ2) is 2.99. The van der Waals surface area contributed by atoms with Crippen LogP contribution in [0, 0.1) is 0 Å². The van der Waals surface area contributed by atoms with Crippen molar-refractivity contribution < 1.29 is 5.11 Å². The second-order valence-corrected chi connectivity index (χ2v) is 2.54. The van der Waals surface area contributed by atoms with Crippen molar-refractivity contribution in [3.63, 3.8) is 0 Å². The van der Waals surface area contributed by atoms with Gasteiger partial charge >= 0.3 is 0 Å². The van der Waals surface area contributed by atoms with Gasteiger partial charge in [0.2, 0.25) is 0 Å². The van der Waals surface area contributed by atoms with Gasteiger partial charge in [-0.3, -0.25) is 0 Å². The minimum absolute atomic E-state index is 0.0974. The Labute approximate surface area is 54.9 Å². The number of rotatable bonds is 3. The largest absolute Gasteiger partial charge is 0.394 e. The molecule has 0 saturated heterocycles. The van der Waals surface area contributed by atoms with Crippen LogP contribution in [0.3, 0.4) is 0 Å². The summed E-state index contributed by atoms with van der Waals surface area (Å²) in [5.74, 6) is 0. The molecule has 0 heterocycles. The first-order chi connectivity index (χ1) is 3.62. The van der Waals surface area contributed by atoms with E-state index in [0.717, 1.165) is 0 Å². The van der Waals surface area contributed by atoms with Gasteiger partial charge in [-0.1, -0.05) is 12.2 Å². The maximum atomic E-state index is 8.60. The van der Waals surface area contributed by atoms with Gasteiger partial charge in [0, 0.05) is 0 Å². The monoisotopic (exact) mass is 133 g/mol. The zero-order valence-corrected chi connectivity index (χ0v) is 5.96. The van der Waals surface area contributed by atoms with E-state index in [1.165, 1.54) is 5.49 Å². The Morgan fingerprint density at radius 3 is 2.38 bits per heavy atom. The number of aliphatic hydroxyl groups is 1. The molecule has 0 aliphatic heterocycles. The van der Waals surface area contributed by atoms with Crippen LogP contribution in [0.4, 0.5) is 0 Å². The number of nitrogens with one attached hydrogen (secondary N) is 1. The highest BCUT2D eigenvalue weighted by Gasteiger charge is 2.11. The van der Waals surface area contributed by atoms with Crippen LogP contribution in [0.25, 0.3) is 0 Å². The fourth-order valence-corrected chi connectivity index (χ4v) is 0.524. The van der Waals surface area contributed by atoms with Crippen molar-refractivity contribution in [2.75, 3.05) is 6.61 Å². The molecular formula is C5H11NOS. The average molecular weight is 133 g/mol. The van der Waals surface area contributed by atoms with E-state index in [1.54, 1.807) is 0 Å². The lowest BCUT2D eigenvalue weighted by atomic mass is 10.1. The molecule has 0 amide bonds. The highest BCUT2D eigenvalue weighted by Crippen LogP contribution is 1.96. The van der Waals surface area contributed by atoms with Crippen LogP contribution in [-0.4, -0.2) is 22.7 Å². The zero-order valence-electron chi connectivity index (χ0n) is 5.14. The number of hydrogen-bond acceptors (Lipinski definition) is 2. The minimum atomic E-state index is -0.262. The first kappa shape index (κ1) is 7.85. The molecule has 2 N–H and O–H groups in total. The minimum Gasteiger partial charge on any atom is -0.394 e. The van der Waals surface area contributed by atoms with Gasteiger partial charge in [0.25, 0.3) is 0 Å². The Hall–Kier alpha value is -0.150. The Morgan fingerprint density at radius 2 is 2.25 bits per heavy atom. The Balaban J connectivity index is 3.53. The van der Waals surface area contributed by atoms with Crippen molar-refractivity contribution >= 4 is 17.7 Å². The molecule has 0 aromatic heterocycles. The summed E-state index contributed by atoms with van der Waals surface area (Å²) in [5.41, 5.74) is 1.15. The Bertz CT molecular complexity index is 82.5. The predicted molar refractivity (Wildman–Crippen MR) is 38.0 cm³/mol. The normalized spacial score (nSPS) is 10.9. The highest BCUT2D eigenvalue weighted by atomic mass is 32.1. The van der Waals surface area contributed by atoms with Gasteiger partial charge in [-0.15, -0.1) is 0 Å². The van der Waals surface area contributed by atoms with E-state index in [-0.39, 0.29) is 12.1 Å². The van der Waals surface area contributed by atoms with Crippen molar-refractivity contribution in [1.29, 1.82) is 0 Å². The van der Waals surface area contributed by atoms with Gasteiger partial charge in [0.1, 0.15) is 0 Å². The third-order valence-corrected chi connectivity index (χ3v) is 0.963. The first-order valence-corrected chi connectivity index (χ1v) is 2.92. The SMILES string of the molecule is CC(C)(CO)NC=S. The molecule has 0 aliphatic rings. The summed E-state index contributed by atoms with van der Waals surface area (Å²) in [7, 11) is 0. The standard InChI is InChI=1S/C5H11NOS/c1-5(2,3-7)6-4-8/h4,7H,3H2,1-2H3,(H,6,8). The Kier molecular flexibility index (Phi) is 2.94. The molecule has 2 nitrogen and oxygen atoms in total. The summed E-state index contributed by atoms with van der Waals surface area (Å²) < 4.78 is 0. The summed E-state index contributed by atoms with van der Waals surface area (Å²) in [6, 6.07) is 0. The molecule has 48 valence electrons. The van der Waals surface area contributed by atoms with Crippen LogP contribution in [0.15, 0.2) is 0 Å². The van der Waals surface area contributed by atoms with E-state index in [9.17, 15) is 0 Å². The van der Waals surface area contributed by atoms with Gasteiger partial charge in [0.15, 0.2) is 0 Å². The van der Waals surface area contributed by atoms with E-state index in [2.05, 4.69) is 17.5 Å². The molecule has 3 heteroatoms. The van der Waals surface area contributed by atoms with Gasteiger partial charge in [-0.2, -0.15) is 0 Å². The molecule has 0 aliphatic carbocycles. The van der Waals surface area contributed by atoms with Crippen LogP contribution in [0.2, 0.25) is 0 Å². The third-order valence-electron chi connectivity index (χ3n) is 0.845. The van der Waals surface area contributed by atoms with E-state index in [4.69, 9.17) is 5.11 Å². The molecule has 0 rings (SSSR count). The van der Waals surface area contributed by atoms with Gasteiger partial charge < -0.3 is 10.4 Å². The fourth-order valence-electron chi connectivity index (χ4n) is 0.205. The molecule has 0 radical (unpaired) electrons. The van der Waals surface area contributed by atoms with Crippen molar-refractivity contribution in [2.24, 2.45) is 0 Å². The van der Waals surface area contributed by atoms with Crippen molar-refractivity contribution in [3.8, 4) is 0 Å². The fraction of sp³-hybridized carbons (Fsp3) is 0.800. The maximum absolute atomic E-state index is 8.60. The summed E-state index contributed by atoms with van der Waals surface area (Å²) in [4.78, 5) is 0. The summed E-state index contributed by atoms with van der Waals surface area (Å²) in [5, 5.41) is 11.4. The number of aliphatic hydroxyl groups excluding tert-OH is 1. The van der Waals surface area contributed by atoms with Crippen LogP contribution in [-0.2, 0) is 0 Å². The lowest BCUT2D eigenvalue weighted by Gasteiger charge is -2.20. The zero-order chi connectivity index (χ0) is 6.62. The number of hydrogen-bond donors (Lipinski definition) is 2. The molecule has 0 aromatic carbocycles. The molecule has 0 atom stereocenters. The first-order valence-electron chi connectivity index (χ1n) is 2.44. The van der Waals surface area contributed by atoms with Crippen molar-refractivity contribution in [3.05, 3.63) is 0 Å². The van der Waals surface area contributed by atoms with E-state index >= 15 is 0 Å². The van der Waals surface area contributed by atoms with Crippen molar-refractivity contribution in [2.45, 2.75) is 19.4 Å². The molecule has 0 fully saturated rings. The number of thiocarbonyl (C=S) groups is 1. The maximum Gasteiger partial charge on any atom is 0.0656 e. The molecular weight excluding hydrogens is 122 g/mol. The topological polar surface area (TPSA) is 32.3 Å². The van der Waals surface area contributed by atoms with Crippen LogP contribution < -0.4 is 5.32 Å². The van der Waals surface area contributed by atoms with Crippen LogP contribution in [0.5, 0.6) is 0 Å². The molecule has 0 aromatic rings. The van der Waals surface area contributed by atoms with Gasteiger partial charge in [-0.25, -0.2) is 0 Å². The van der Waals surface area contributed by atoms with Gasteiger partial charge in [0.05, 0.1) is 17.6 Å². The lowest BCUT2D eigenvalue weighted by molar-refractivity contribution is 0.208. The Morgan fingerprint density at radius 1 is 1.75 bits per heavy atom. The summed E-state index contributed by atoms with van der Waals surface area (Å²) in [6.07, 6.45) is 0. The molecule has 0 saturated carbocycles.